The van der Waals surface area contributed by atoms with Crippen LogP contribution in [0.5, 0.6) is 0 Å². The van der Waals surface area contributed by atoms with Crippen molar-refractivity contribution < 1.29 is 8.95 Å². The van der Waals surface area contributed by atoms with Gasteiger partial charge in [-0.25, -0.2) is 0 Å². The van der Waals surface area contributed by atoms with Crippen molar-refractivity contribution in [2.45, 2.75) is 64.2 Å². The predicted molar refractivity (Wildman–Crippen MR) is 81.6 cm³/mol. The van der Waals surface area contributed by atoms with Gasteiger partial charge in [-0.05, 0) is 62.9 Å². The van der Waals surface area contributed by atoms with Crippen molar-refractivity contribution in [3.8, 4) is 0 Å². The zero-order valence-corrected chi connectivity index (χ0v) is 12.9. The molecule has 2 nitrogen and oxygen atoms in total. The average molecular weight is 284 g/mol. The molecule has 0 radical (unpaired) electrons. The summed E-state index contributed by atoms with van der Waals surface area (Å²) in [5, 5.41) is 0. The second-order valence-electron chi connectivity index (χ2n) is 6.02. The molecule has 0 aromatic carbocycles. The van der Waals surface area contributed by atoms with Gasteiger partial charge in [-0.3, -0.25) is 4.21 Å². The van der Waals surface area contributed by atoms with E-state index in [2.05, 4.69) is 0 Å². The minimum atomic E-state index is -0.551. The molecule has 2 rings (SSSR count). The molecule has 1 saturated carbocycles. The van der Waals surface area contributed by atoms with Crippen LogP contribution < -0.4 is 0 Å². The van der Waals surface area contributed by atoms with Gasteiger partial charge in [0, 0.05) is 22.3 Å². The molecule has 2 unspecified atom stereocenters. The Hall–Kier alpha value is -0.310. The van der Waals surface area contributed by atoms with Crippen molar-refractivity contribution in [2.75, 3.05) is 18.1 Å². The zero-order valence-electron chi connectivity index (χ0n) is 12.1. The molecule has 0 aromatic rings. The van der Waals surface area contributed by atoms with Crippen molar-refractivity contribution in [3.05, 3.63) is 11.8 Å². The lowest BCUT2D eigenvalue weighted by atomic mass is 9.96. The second-order valence-corrected chi connectivity index (χ2v) is 7.64. The highest BCUT2D eigenvalue weighted by atomic mass is 32.2. The Morgan fingerprint density at radius 1 is 1.16 bits per heavy atom. The fraction of sp³-hybridized carbons (Fsp3) is 0.875. The maximum Gasteiger partial charge on any atom is 0.0873 e. The van der Waals surface area contributed by atoms with Crippen molar-refractivity contribution in [2.24, 2.45) is 5.92 Å². The number of rotatable bonds is 5. The molecule has 110 valence electrons. The Balaban J connectivity index is 1.56. The van der Waals surface area contributed by atoms with Crippen LogP contribution in [0.3, 0.4) is 0 Å². The molecule has 1 saturated heterocycles. The molecule has 1 heterocycles. The summed E-state index contributed by atoms with van der Waals surface area (Å²) < 4.78 is 17.3. The van der Waals surface area contributed by atoms with E-state index in [0.717, 1.165) is 31.0 Å². The molecule has 1 aliphatic heterocycles. The van der Waals surface area contributed by atoms with Gasteiger partial charge in [-0.15, -0.1) is 0 Å². The molecular weight excluding hydrogens is 256 g/mol. The van der Waals surface area contributed by atoms with E-state index < -0.39 is 10.8 Å². The quantitative estimate of drug-likeness (QED) is 0.559. The number of ether oxygens (including phenoxy) is 1. The Bertz CT molecular complexity index is 304. The summed E-state index contributed by atoms with van der Waals surface area (Å²) >= 11 is 0. The number of allylic oxidation sites excluding steroid dienone is 1. The third-order valence-electron chi connectivity index (χ3n) is 4.28. The summed E-state index contributed by atoms with van der Waals surface area (Å²) in [4.78, 5) is 0. The Kier molecular flexibility index (Phi) is 6.97. The fourth-order valence-electron chi connectivity index (χ4n) is 3.11. The maximum atomic E-state index is 11.7. The molecular formula is C16H28O2S. The van der Waals surface area contributed by atoms with Crippen molar-refractivity contribution in [1.29, 1.82) is 0 Å². The van der Waals surface area contributed by atoms with Crippen LogP contribution in [0.1, 0.15) is 64.2 Å². The van der Waals surface area contributed by atoms with E-state index in [9.17, 15) is 4.21 Å². The first-order chi connectivity index (χ1) is 9.34. The maximum absolute atomic E-state index is 11.7. The van der Waals surface area contributed by atoms with Gasteiger partial charge < -0.3 is 4.74 Å². The first-order valence-corrected chi connectivity index (χ1v) is 9.48. The molecule has 0 spiro atoms. The van der Waals surface area contributed by atoms with E-state index >= 15 is 0 Å². The van der Waals surface area contributed by atoms with Gasteiger partial charge in [-0.2, -0.15) is 0 Å². The Morgan fingerprint density at radius 2 is 2.00 bits per heavy atom. The van der Waals surface area contributed by atoms with E-state index in [1.54, 1.807) is 0 Å². The molecule has 2 atom stereocenters. The molecule has 2 aliphatic rings. The lowest BCUT2D eigenvalue weighted by molar-refractivity contribution is 0.228. The van der Waals surface area contributed by atoms with Crippen LogP contribution >= 0.6 is 0 Å². The van der Waals surface area contributed by atoms with Crippen molar-refractivity contribution >= 4 is 10.8 Å². The van der Waals surface area contributed by atoms with Crippen LogP contribution in [0, 0.1) is 5.92 Å². The van der Waals surface area contributed by atoms with Crippen LogP contribution in [-0.4, -0.2) is 22.3 Å². The van der Waals surface area contributed by atoms with E-state index in [1.807, 2.05) is 6.26 Å². The molecule has 0 amide bonds. The van der Waals surface area contributed by atoms with Crippen molar-refractivity contribution in [3.63, 3.8) is 0 Å². The minimum absolute atomic E-state index is 0.551. The van der Waals surface area contributed by atoms with Crippen LogP contribution in [0.15, 0.2) is 11.8 Å². The Labute approximate surface area is 120 Å². The van der Waals surface area contributed by atoms with Gasteiger partial charge in [0.1, 0.15) is 0 Å². The van der Waals surface area contributed by atoms with Gasteiger partial charge in [0.05, 0.1) is 12.9 Å². The fourth-order valence-corrected chi connectivity index (χ4v) is 4.66. The molecule has 0 N–H and O–H groups in total. The summed E-state index contributed by atoms with van der Waals surface area (Å²) in [6, 6.07) is 0. The topological polar surface area (TPSA) is 26.3 Å². The van der Waals surface area contributed by atoms with Gasteiger partial charge in [0.15, 0.2) is 0 Å². The van der Waals surface area contributed by atoms with Gasteiger partial charge in [0.2, 0.25) is 0 Å². The van der Waals surface area contributed by atoms with Crippen molar-refractivity contribution in [1.82, 2.24) is 0 Å². The summed E-state index contributed by atoms with van der Waals surface area (Å²) in [5.41, 5.74) is 1.50. The molecule has 2 fully saturated rings. The molecule has 0 aromatic heterocycles. The highest BCUT2D eigenvalue weighted by Gasteiger charge is 2.16. The van der Waals surface area contributed by atoms with E-state index in [0.29, 0.717) is 5.92 Å². The number of hydrogen-bond donors (Lipinski definition) is 0. The smallest absolute Gasteiger partial charge is 0.0873 e. The van der Waals surface area contributed by atoms with E-state index in [-0.39, 0.29) is 0 Å². The minimum Gasteiger partial charge on any atom is -0.501 e. The molecule has 1 aliphatic carbocycles. The summed E-state index contributed by atoms with van der Waals surface area (Å²) in [6.45, 7) is 0.840. The average Bonchev–Trinajstić information content (AvgIpc) is 2.64. The highest BCUT2D eigenvalue weighted by Crippen LogP contribution is 2.23. The SMILES string of the molecule is O=S1CCCCC(CCCOC=C2CCCCC2)C1. The summed E-state index contributed by atoms with van der Waals surface area (Å²) in [6.07, 6.45) is 14.6. The molecule has 19 heavy (non-hydrogen) atoms. The monoisotopic (exact) mass is 284 g/mol. The second kappa shape index (κ2) is 8.78. The van der Waals surface area contributed by atoms with Crippen LogP contribution in [0.25, 0.3) is 0 Å². The zero-order chi connectivity index (χ0) is 13.3. The summed E-state index contributed by atoms with van der Waals surface area (Å²) in [5.74, 6) is 2.54. The van der Waals surface area contributed by atoms with Gasteiger partial charge in [0.25, 0.3) is 0 Å². The normalized spacial score (nSPS) is 28.7. The van der Waals surface area contributed by atoms with E-state index in [1.165, 1.54) is 56.9 Å². The Morgan fingerprint density at radius 3 is 2.84 bits per heavy atom. The predicted octanol–water partition coefficient (Wildman–Crippen LogP) is 4.18. The first kappa shape index (κ1) is 15.1. The summed E-state index contributed by atoms with van der Waals surface area (Å²) in [7, 11) is -0.551. The standard InChI is InChI=1S/C16H28O2S/c17-19-12-5-4-9-16(14-19)10-6-11-18-13-15-7-2-1-3-8-15/h13,16H,1-12,14H2. The third-order valence-corrected chi connectivity index (χ3v) is 5.86. The molecule has 0 bridgehead atoms. The van der Waals surface area contributed by atoms with E-state index in [4.69, 9.17) is 4.74 Å². The highest BCUT2D eigenvalue weighted by molar-refractivity contribution is 7.84. The lowest BCUT2D eigenvalue weighted by Crippen LogP contribution is -2.10. The molecule has 3 heteroatoms. The largest absolute Gasteiger partial charge is 0.501 e. The van der Waals surface area contributed by atoms with Crippen LogP contribution in [-0.2, 0) is 15.5 Å². The first-order valence-electron chi connectivity index (χ1n) is 7.99. The van der Waals surface area contributed by atoms with Gasteiger partial charge in [-0.1, -0.05) is 12.8 Å². The number of hydrogen-bond acceptors (Lipinski definition) is 2. The lowest BCUT2D eigenvalue weighted by Gasteiger charge is -2.14. The van der Waals surface area contributed by atoms with Gasteiger partial charge >= 0.3 is 0 Å². The van der Waals surface area contributed by atoms with Crippen LogP contribution in [0.4, 0.5) is 0 Å². The third kappa shape index (κ3) is 6.11. The van der Waals surface area contributed by atoms with Crippen LogP contribution in [0.2, 0.25) is 0 Å².